The second-order valence-corrected chi connectivity index (χ2v) is 10.0. The van der Waals surface area contributed by atoms with Crippen LogP contribution in [0.15, 0.2) is 59.8 Å². The summed E-state index contributed by atoms with van der Waals surface area (Å²) in [4.78, 5) is 46.3. The third-order valence-electron chi connectivity index (χ3n) is 7.65. The van der Waals surface area contributed by atoms with E-state index in [0.29, 0.717) is 24.2 Å². The molecule has 2 aromatic rings. The van der Waals surface area contributed by atoms with Crippen LogP contribution in [0.3, 0.4) is 0 Å². The number of likely N-dealkylation sites (tertiary alicyclic amines) is 1. The molecule has 4 amide bonds. The molecule has 0 unspecified atom stereocenters. The van der Waals surface area contributed by atoms with Gasteiger partial charge < -0.3 is 15.1 Å². The second-order valence-electron chi connectivity index (χ2n) is 10.0. The number of benzene rings is 2. The van der Waals surface area contributed by atoms with Crippen molar-refractivity contribution < 1.29 is 14.4 Å². The van der Waals surface area contributed by atoms with Crippen molar-refractivity contribution in [1.29, 1.82) is 0 Å². The lowest BCUT2D eigenvalue weighted by Crippen LogP contribution is -2.50. The van der Waals surface area contributed by atoms with E-state index in [2.05, 4.69) is 11.4 Å². The topological polar surface area (TPSA) is 73.0 Å². The Bertz CT molecular complexity index is 1220. The van der Waals surface area contributed by atoms with Crippen LogP contribution in [-0.4, -0.2) is 64.8 Å². The monoisotopic (exact) mass is 486 g/mol. The van der Waals surface area contributed by atoms with Gasteiger partial charge in [-0.1, -0.05) is 54.1 Å². The third-order valence-corrected chi connectivity index (χ3v) is 7.65. The summed E-state index contributed by atoms with van der Waals surface area (Å²) in [5.74, 6) is -0.170. The summed E-state index contributed by atoms with van der Waals surface area (Å²) in [6.45, 7) is 8.11. The van der Waals surface area contributed by atoms with Crippen molar-refractivity contribution in [3.05, 3.63) is 82.1 Å². The Morgan fingerprint density at radius 1 is 1.06 bits per heavy atom. The van der Waals surface area contributed by atoms with E-state index in [1.165, 1.54) is 0 Å². The number of rotatable bonds is 6. The minimum Gasteiger partial charge on any atom is -0.341 e. The van der Waals surface area contributed by atoms with Crippen LogP contribution < -0.4 is 5.32 Å². The largest absolute Gasteiger partial charge is 0.341 e. The molecule has 5 rings (SSSR count). The van der Waals surface area contributed by atoms with Crippen LogP contribution in [0.25, 0.3) is 0 Å². The first-order chi connectivity index (χ1) is 17.4. The number of nitrogens with one attached hydrogen (secondary N) is 1. The van der Waals surface area contributed by atoms with Crippen molar-refractivity contribution in [2.45, 2.75) is 52.1 Å². The highest BCUT2D eigenvalue weighted by molar-refractivity contribution is 6.03. The highest BCUT2D eigenvalue weighted by atomic mass is 16.2. The van der Waals surface area contributed by atoms with Crippen LogP contribution in [0.5, 0.6) is 0 Å². The Kier molecular flexibility index (Phi) is 6.56. The van der Waals surface area contributed by atoms with Gasteiger partial charge in [0.1, 0.15) is 6.04 Å². The van der Waals surface area contributed by atoms with Crippen LogP contribution in [-0.2, 0) is 16.0 Å². The lowest BCUT2D eigenvalue weighted by molar-refractivity contribution is -0.142. The van der Waals surface area contributed by atoms with Crippen molar-refractivity contribution in [3.8, 4) is 0 Å². The Morgan fingerprint density at radius 2 is 1.78 bits per heavy atom. The predicted molar refractivity (Wildman–Crippen MR) is 138 cm³/mol. The summed E-state index contributed by atoms with van der Waals surface area (Å²) >= 11 is 0. The molecule has 3 heterocycles. The zero-order chi connectivity index (χ0) is 25.4. The maximum absolute atomic E-state index is 14.1. The summed E-state index contributed by atoms with van der Waals surface area (Å²) in [6, 6.07) is 14.6. The molecular weight excluding hydrogens is 452 g/mol. The normalized spacial score (nSPS) is 20.6. The molecule has 188 valence electrons. The van der Waals surface area contributed by atoms with E-state index >= 15 is 0 Å². The van der Waals surface area contributed by atoms with Gasteiger partial charge >= 0.3 is 6.03 Å². The number of urea groups is 1. The number of nitrogens with zero attached hydrogens (tertiary/aromatic N) is 3. The average molecular weight is 487 g/mol. The van der Waals surface area contributed by atoms with E-state index < -0.39 is 12.1 Å². The molecule has 3 aliphatic heterocycles. The molecule has 3 aliphatic rings. The first kappa shape index (κ1) is 24.1. The molecule has 2 atom stereocenters. The molecule has 0 bridgehead atoms. The lowest BCUT2D eigenvalue weighted by Gasteiger charge is -2.33. The van der Waals surface area contributed by atoms with Gasteiger partial charge in [-0.05, 0) is 50.3 Å². The number of carbonyl (C=O) groups excluding carboxylic acids is 3. The predicted octanol–water partition coefficient (Wildman–Crippen LogP) is 3.72. The highest BCUT2D eigenvalue weighted by Gasteiger charge is 2.47. The van der Waals surface area contributed by atoms with Gasteiger partial charge in [-0.3, -0.25) is 14.5 Å². The minimum absolute atomic E-state index is 0.00468. The van der Waals surface area contributed by atoms with Crippen molar-refractivity contribution in [2.24, 2.45) is 0 Å². The van der Waals surface area contributed by atoms with Crippen LogP contribution in [0.1, 0.15) is 48.1 Å². The van der Waals surface area contributed by atoms with Gasteiger partial charge in [-0.2, -0.15) is 0 Å². The van der Waals surface area contributed by atoms with E-state index in [-0.39, 0.29) is 24.4 Å². The van der Waals surface area contributed by atoms with Crippen LogP contribution >= 0.6 is 0 Å². The summed E-state index contributed by atoms with van der Waals surface area (Å²) in [5, 5.41) is 3.08. The quantitative estimate of drug-likeness (QED) is 0.677. The summed E-state index contributed by atoms with van der Waals surface area (Å²) in [5.41, 5.74) is 5.37. The van der Waals surface area contributed by atoms with Gasteiger partial charge in [0.25, 0.3) is 5.91 Å². The molecule has 7 heteroatoms. The fraction of sp³-hybridized carbons (Fsp3) is 0.414. The smallest absolute Gasteiger partial charge is 0.322 e. The van der Waals surface area contributed by atoms with Crippen LogP contribution in [0.4, 0.5) is 4.79 Å². The molecule has 1 saturated heterocycles. The Labute approximate surface area is 212 Å². The van der Waals surface area contributed by atoms with Gasteiger partial charge in [-0.25, -0.2) is 4.79 Å². The van der Waals surface area contributed by atoms with Crippen molar-refractivity contribution in [2.75, 3.05) is 26.2 Å². The van der Waals surface area contributed by atoms with E-state index in [1.807, 2.05) is 68.1 Å². The summed E-state index contributed by atoms with van der Waals surface area (Å²) < 4.78 is 0. The molecule has 2 aromatic carbocycles. The maximum atomic E-state index is 14.1. The maximum Gasteiger partial charge on any atom is 0.322 e. The lowest BCUT2D eigenvalue weighted by atomic mass is 9.91. The number of amides is 4. The first-order valence-corrected chi connectivity index (χ1v) is 12.9. The Hall–Kier alpha value is -3.61. The number of aryl methyl sites for hydroxylation is 2. The fourth-order valence-electron chi connectivity index (χ4n) is 5.80. The molecular formula is C29H34N4O3. The molecule has 7 nitrogen and oxygen atoms in total. The van der Waals surface area contributed by atoms with E-state index in [0.717, 1.165) is 48.2 Å². The van der Waals surface area contributed by atoms with Crippen molar-refractivity contribution in [1.82, 2.24) is 20.0 Å². The molecule has 0 aromatic heterocycles. The molecule has 0 radical (unpaired) electrons. The number of hydrogen-bond donors (Lipinski definition) is 1. The highest BCUT2D eigenvalue weighted by Crippen LogP contribution is 2.38. The second kappa shape index (κ2) is 9.80. The van der Waals surface area contributed by atoms with Crippen LogP contribution in [0, 0.1) is 13.8 Å². The van der Waals surface area contributed by atoms with Gasteiger partial charge in [-0.15, -0.1) is 0 Å². The first-order valence-electron chi connectivity index (χ1n) is 12.9. The zero-order valence-electron chi connectivity index (χ0n) is 21.3. The molecule has 0 saturated carbocycles. The van der Waals surface area contributed by atoms with Crippen molar-refractivity contribution in [3.63, 3.8) is 0 Å². The number of likely N-dealkylation sites (N-methyl/N-ethyl adjacent to an activating group) is 1. The molecule has 36 heavy (non-hydrogen) atoms. The van der Waals surface area contributed by atoms with Gasteiger partial charge in [0.05, 0.1) is 23.9 Å². The Balaban J connectivity index is 1.54. The van der Waals surface area contributed by atoms with Gasteiger partial charge in [0.2, 0.25) is 5.91 Å². The minimum atomic E-state index is -0.614. The third kappa shape index (κ3) is 4.27. The van der Waals surface area contributed by atoms with Gasteiger partial charge in [0.15, 0.2) is 0 Å². The van der Waals surface area contributed by atoms with E-state index in [9.17, 15) is 14.4 Å². The van der Waals surface area contributed by atoms with Gasteiger partial charge in [0, 0.05) is 26.1 Å². The fourth-order valence-corrected chi connectivity index (χ4v) is 5.80. The number of carbonyl (C=O) groups is 3. The van der Waals surface area contributed by atoms with Crippen LogP contribution in [0.2, 0.25) is 0 Å². The Morgan fingerprint density at radius 3 is 2.44 bits per heavy atom. The molecule has 0 spiro atoms. The molecule has 0 aliphatic carbocycles. The summed E-state index contributed by atoms with van der Waals surface area (Å²) in [7, 11) is 0. The van der Waals surface area contributed by atoms with Crippen molar-refractivity contribution >= 4 is 17.8 Å². The average Bonchev–Trinajstić information content (AvgIpc) is 3.51. The standard InChI is InChI=1S/C29H34N4O3/c1-4-32-24-18-33(23(17-21-10-6-5-7-11-21)27(34)31-14-8-9-15-31)28(35)25(24)26(30-29(32)36)22-13-12-19(2)16-20(22)3/h5-7,10-13,16,23,26H,4,8-9,14-15,17-18H2,1-3H3,(H,30,36)/t23-,26+/m1/s1. The van der Waals surface area contributed by atoms with E-state index in [1.54, 1.807) is 9.80 Å². The molecule has 1 N–H and O–H groups in total. The zero-order valence-corrected chi connectivity index (χ0v) is 21.3. The SMILES string of the molecule is CCN1C(=O)N[C@@H](c2ccc(C)cc2C)C2=C1CN([C@H](Cc1ccccc1)C(=O)N1CCCC1)C2=O. The molecule has 1 fully saturated rings. The summed E-state index contributed by atoms with van der Waals surface area (Å²) in [6.07, 6.45) is 2.43. The number of hydrogen-bond acceptors (Lipinski definition) is 3. The van der Waals surface area contributed by atoms with E-state index in [4.69, 9.17) is 0 Å².